The lowest BCUT2D eigenvalue weighted by atomic mass is 10.1. The summed E-state index contributed by atoms with van der Waals surface area (Å²) >= 11 is 0. The van der Waals surface area contributed by atoms with Crippen LogP contribution in [-0.2, 0) is 0 Å². The molecule has 4 rings (SSSR count). The van der Waals surface area contributed by atoms with E-state index in [2.05, 4.69) is 44.8 Å². The van der Waals surface area contributed by atoms with Crippen molar-refractivity contribution in [3.63, 3.8) is 0 Å². The average Bonchev–Trinajstić information content (AvgIpc) is 3.27. The zero-order valence-corrected chi connectivity index (χ0v) is 16.6. The number of hydrogen-bond acceptors (Lipinski definition) is 6. The lowest BCUT2D eigenvalue weighted by molar-refractivity contribution is 0.203. The summed E-state index contributed by atoms with van der Waals surface area (Å²) in [7, 11) is 4.22. The van der Waals surface area contributed by atoms with Gasteiger partial charge in [0.1, 0.15) is 23.3 Å². The highest BCUT2D eigenvalue weighted by atomic mass is 19.1. The lowest BCUT2D eigenvalue weighted by Crippen LogP contribution is -2.33. The van der Waals surface area contributed by atoms with Crippen LogP contribution in [-0.4, -0.2) is 79.3 Å². The third kappa shape index (κ3) is 3.80. The third-order valence-corrected chi connectivity index (χ3v) is 5.91. The summed E-state index contributed by atoms with van der Waals surface area (Å²) in [6.45, 7) is 5.08. The van der Waals surface area contributed by atoms with Gasteiger partial charge in [-0.2, -0.15) is 5.26 Å². The van der Waals surface area contributed by atoms with Gasteiger partial charge in [-0.3, -0.25) is 9.97 Å². The molecule has 2 aliphatic rings. The van der Waals surface area contributed by atoms with Crippen LogP contribution in [0.25, 0.3) is 11.0 Å². The molecule has 0 amide bonds. The van der Waals surface area contributed by atoms with Crippen LogP contribution in [0.2, 0.25) is 0 Å². The molecular formula is C21H27FN6. The maximum atomic E-state index is 14.9. The molecule has 1 aromatic carbocycles. The van der Waals surface area contributed by atoms with Crippen molar-refractivity contribution in [1.29, 1.82) is 5.26 Å². The number of alkyl halides is 1. The van der Waals surface area contributed by atoms with Crippen LogP contribution in [0.5, 0.6) is 0 Å². The number of aromatic nitrogens is 2. The Hall–Kier alpha value is -2.30. The van der Waals surface area contributed by atoms with Gasteiger partial charge in [0, 0.05) is 51.0 Å². The van der Waals surface area contributed by atoms with Gasteiger partial charge < -0.3 is 14.7 Å². The van der Waals surface area contributed by atoms with E-state index >= 15 is 0 Å². The van der Waals surface area contributed by atoms with Crippen LogP contribution in [0, 0.1) is 23.2 Å². The molecule has 0 aliphatic carbocycles. The second-order valence-corrected chi connectivity index (χ2v) is 8.36. The molecule has 7 heteroatoms. The van der Waals surface area contributed by atoms with E-state index in [4.69, 9.17) is 0 Å². The number of nitriles is 1. The largest absolute Gasteiger partial charge is 0.366 e. The Labute approximate surface area is 165 Å². The second kappa shape index (κ2) is 7.98. The minimum absolute atomic E-state index is 0.000436. The molecule has 0 radical (unpaired) electrons. The zero-order chi connectivity index (χ0) is 19.7. The summed E-state index contributed by atoms with van der Waals surface area (Å²) in [5.74, 6) is 0.684. The Balaban J connectivity index is 1.47. The van der Waals surface area contributed by atoms with Crippen molar-refractivity contribution in [2.45, 2.75) is 12.6 Å². The zero-order valence-electron chi connectivity index (χ0n) is 16.6. The van der Waals surface area contributed by atoms with Gasteiger partial charge in [0.2, 0.25) is 0 Å². The molecule has 1 unspecified atom stereocenters. The van der Waals surface area contributed by atoms with Crippen molar-refractivity contribution in [3.05, 3.63) is 30.1 Å². The Kier molecular flexibility index (Phi) is 5.42. The number of anilines is 1. The lowest BCUT2D eigenvalue weighted by Gasteiger charge is -2.23. The summed E-state index contributed by atoms with van der Waals surface area (Å²) in [6, 6.07) is 5.81. The first kappa shape index (κ1) is 19.0. The normalized spacial score (nSPS) is 25.7. The topological polar surface area (TPSA) is 59.3 Å². The van der Waals surface area contributed by atoms with Crippen molar-refractivity contribution in [2.75, 3.05) is 58.3 Å². The van der Waals surface area contributed by atoms with E-state index in [1.807, 2.05) is 6.07 Å². The van der Waals surface area contributed by atoms with Crippen LogP contribution in [0.15, 0.2) is 24.5 Å². The van der Waals surface area contributed by atoms with E-state index < -0.39 is 6.17 Å². The van der Waals surface area contributed by atoms with E-state index in [-0.39, 0.29) is 5.92 Å². The summed E-state index contributed by atoms with van der Waals surface area (Å²) in [6.07, 6.45) is 3.56. The number of benzene rings is 1. The fourth-order valence-corrected chi connectivity index (χ4v) is 4.66. The van der Waals surface area contributed by atoms with Gasteiger partial charge in [0.25, 0.3) is 0 Å². The molecule has 148 valence electrons. The van der Waals surface area contributed by atoms with Gasteiger partial charge in [-0.25, -0.2) is 4.39 Å². The number of likely N-dealkylation sites (tertiary alicyclic amines) is 1. The smallest absolute Gasteiger partial charge is 0.123 e. The van der Waals surface area contributed by atoms with Gasteiger partial charge in [-0.1, -0.05) is 0 Å². The summed E-state index contributed by atoms with van der Waals surface area (Å²) in [5.41, 5.74) is 2.65. The first-order chi connectivity index (χ1) is 13.5. The van der Waals surface area contributed by atoms with Gasteiger partial charge in [-0.15, -0.1) is 0 Å². The van der Waals surface area contributed by atoms with Crippen molar-refractivity contribution in [1.82, 2.24) is 19.8 Å². The maximum absolute atomic E-state index is 14.9. The van der Waals surface area contributed by atoms with E-state index in [0.717, 1.165) is 31.9 Å². The maximum Gasteiger partial charge on any atom is 0.123 e. The van der Waals surface area contributed by atoms with Gasteiger partial charge in [0.15, 0.2) is 0 Å². The van der Waals surface area contributed by atoms with E-state index in [1.165, 1.54) is 6.42 Å². The fourth-order valence-electron chi connectivity index (χ4n) is 4.66. The minimum atomic E-state index is -0.852. The minimum Gasteiger partial charge on any atom is -0.366 e. The van der Waals surface area contributed by atoms with Crippen molar-refractivity contribution >= 4 is 16.7 Å². The quantitative estimate of drug-likeness (QED) is 0.790. The third-order valence-electron chi connectivity index (χ3n) is 5.91. The van der Waals surface area contributed by atoms with Crippen molar-refractivity contribution < 1.29 is 4.39 Å². The molecule has 2 saturated heterocycles. The molecule has 28 heavy (non-hydrogen) atoms. The van der Waals surface area contributed by atoms with Crippen LogP contribution in [0.1, 0.15) is 12.0 Å². The highest BCUT2D eigenvalue weighted by Crippen LogP contribution is 2.32. The Bertz CT molecular complexity index is 879. The van der Waals surface area contributed by atoms with Crippen molar-refractivity contribution in [2.24, 2.45) is 11.8 Å². The summed E-state index contributed by atoms with van der Waals surface area (Å²) in [4.78, 5) is 15.5. The monoisotopic (exact) mass is 382 g/mol. The van der Waals surface area contributed by atoms with Gasteiger partial charge in [-0.05, 0) is 45.1 Å². The summed E-state index contributed by atoms with van der Waals surface area (Å²) < 4.78 is 14.9. The van der Waals surface area contributed by atoms with E-state index in [9.17, 15) is 9.65 Å². The predicted molar refractivity (Wildman–Crippen MR) is 108 cm³/mol. The molecule has 2 aromatic rings. The van der Waals surface area contributed by atoms with Gasteiger partial charge >= 0.3 is 0 Å². The Morgan fingerprint density at radius 2 is 1.96 bits per heavy atom. The molecule has 2 aliphatic heterocycles. The molecular weight excluding hydrogens is 355 g/mol. The molecule has 0 bridgehead atoms. The first-order valence-electron chi connectivity index (χ1n) is 9.95. The second-order valence-electron chi connectivity index (χ2n) is 8.36. The molecule has 0 N–H and O–H groups in total. The SMILES string of the molecule is CN(C)C[C@@H]1CCN(C[C@H]2CN(c3ccc(C#N)c4nccnc34)CC2F)C1. The molecule has 6 nitrogen and oxygen atoms in total. The number of halogens is 1. The van der Waals surface area contributed by atoms with Crippen LogP contribution in [0.4, 0.5) is 10.1 Å². The fraction of sp³-hybridized carbons (Fsp3) is 0.571. The standard InChI is InChI=1S/C21H27FN6/c1-26(2)10-15-5-8-27(11-15)12-17-13-28(14-18(17)22)19-4-3-16(9-23)20-21(19)25-7-6-24-20/h3-4,6-7,15,17-18H,5,8,10-14H2,1-2H3/t15-,17-,18?/m0/s1. The highest BCUT2D eigenvalue weighted by molar-refractivity contribution is 5.92. The predicted octanol–water partition coefficient (Wildman–Crippen LogP) is 2.16. The molecule has 0 saturated carbocycles. The number of nitrogens with zero attached hydrogens (tertiary/aromatic N) is 6. The van der Waals surface area contributed by atoms with Crippen molar-refractivity contribution in [3.8, 4) is 6.07 Å². The number of fused-ring (bicyclic) bond motifs is 1. The number of hydrogen-bond donors (Lipinski definition) is 0. The van der Waals surface area contributed by atoms with Crippen LogP contribution < -0.4 is 4.90 Å². The number of rotatable bonds is 5. The van der Waals surface area contributed by atoms with E-state index in [0.29, 0.717) is 35.6 Å². The molecule has 0 spiro atoms. The molecule has 3 atom stereocenters. The average molecular weight is 382 g/mol. The molecule has 3 heterocycles. The summed E-state index contributed by atoms with van der Waals surface area (Å²) in [5, 5.41) is 9.31. The van der Waals surface area contributed by atoms with Crippen LogP contribution >= 0.6 is 0 Å². The van der Waals surface area contributed by atoms with Gasteiger partial charge in [0.05, 0.1) is 11.3 Å². The highest BCUT2D eigenvalue weighted by Gasteiger charge is 2.36. The Morgan fingerprint density at radius 3 is 2.71 bits per heavy atom. The molecule has 1 aromatic heterocycles. The van der Waals surface area contributed by atoms with E-state index in [1.54, 1.807) is 18.5 Å². The first-order valence-corrected chi connectivity index (χ1v) is 9.95. The van der Waals surface area contributed by atoms with Crippen LogP contribution in [0.3, 0.4) is 0 Å². The Morgan fingerprint density at radius 1 is 1.18 bits per heavy atom. The molecule has 2 fully saturated rings.